The smallest absolute Gasteiger partial charge is 0.250 e. The quantitative estimate of drug-likeness (QED) is 0.595. The number of aromatic amines is 1. The first-order valence-electron chi connectivity index (χ1n) is 9.43. The number of benzene rings is 2. The van der Waals surface area contributed by atoms with E-state index in [9.17, 15) is 13.2 Å². The van der Waals surface area contributed by atoms with Gasteiger partial charge in [0.25, 0.3) is 5.91 Å². The number of hydrogen-bond acceptors (Lipinski definition) is 6. The number of nitrogens with two attached hydrogens (primary N) is 1. The van der Waals surface area contributed by atoms with Gasteiger partial charge < -0.3 is 20.9 Å². The minimum absolute atomic E-state index is 0.0541. The molecule has 2 aliphatic heterocycles. The second kappa shape index (κ2) is 6.04. The van der Waals surface area contributed by atoms with Crippen molar-refractivity contribution < 1.29 is 13.2 Å². The molecule has 0 radical (unpaired) electrons. The van der Waals surface area contributed by atoms with Gasteiger partial charge in [-0.2, -0.15) is 0 Å². The number of hydrogen-bond donors (Lipinski definition) is 3. The topological polar surface area (TPSA) is 121 Å². The number of H-pyrrole nitrogens is 1. The Balaban J connectivity index is 1.65. The van der Waals surface area contributed by atoms with Crippen molar-refractivity contribution in [1.82, 2.24) is 15.3 Å². The molecular weight excluding hydrogens is 390 g/mol. The van der Waals surface area contributed by atoms with Crippen LogP contribution in [0.4, 0.5) is 5.95 Å². The summed E-state index contributed by atoms with van der Waals surface area (Å²) in [5.41, 5.74) is 7.78. The number of primary amides is 1. The Hall–Kier alpha value is -2.91. The van der Waals surface area contributed by atoms with Gasteiger partial charge in [-0.3, -0.25) is 4.79 Å². The zero-order chi connectivity index (χ0) is 20.4. The molecule has 0 spiro atoms. The van der Waals surface area contributed by atoms with E-state index in [4.69, 9.17) is 5.73 Å². The summed E-state index contributed by atoms with van der Waals surface area (Å²) in [6, 6.07) is 12.2. The van der Waals surface area contributed by atoms with E-state index in [0.29, 0.717) is 47.0 Å². The standard InChI is InChI=1S/C20H21N5O3S/c1-12-4-2-5-14(8-12)29(27,28)20-9-13(22-11-20)10-25(20)19-23-16-7-3-6-15(18(21)26)17(16)24-19/h2-8,13,22H,9-11H2,1H3,(H2,21,26)(H,23,24)/t13-,20-/m0/s1. The summed E-state index contributed by atoms with van der Waals surface area (Å²) in [5.74, 6) is -0.130. The molecule has 3 aromatic rings. The molecule has 3 heterocycles. The van der Waals surface area contributed by atoms with Gasteiger partial charge >= 0.3 is 0 Å². The van der Waals surface area contributed by atoms with E-state index in [0.717, 1.165) is 5.56 Å². The maximum absolute atomic E-state index is 13.7. The van der Waals surface area contributed by atoms with Crippen LogP contribution in [-0.4, -0.2) is 48.3 Å². The maximum atomic E-state index is 13.7. The van der Waals surface area contributed by atoms with Crippen LogP contribution < -0.4 is 16.0 Å². The summed E-state index contributed by atoms with van der Waals surface area (Å²) in [4.78, 5) is 20.5. The SMILES string of the molecule is Cc1cccc(S(=O)(=O)[C@@]23CN[C@H](CN2c2nc4c(C(N)=O)cccc4[nH]2)C3)c1. The third-order valence-corrected chi connectivity index (χ3v) is 8.35. The lowest BCUT2D eigenvalue weighted by Crippen LogP contribution is -2.57. The van der Waals surface area contributed by atoms with Gasteiger partial charge in [0.15, 0.2) is 4.87 Å². The Morgan fingerprint density at radius 2 is 2.07 bits per heavy atom. The summed E-state index contributed by atoms with van der Waals surface area (Å²) in [5, 5.41) is 3.31. The number of para-hydroxylation sites is 1. The van der Waals surface area contributed by atoms with E-state index in [1.165, 1.54) is 0 Å². The average Bonchev–Trinajstić information content (AvgIpc) is 3.40. The number of amides is 1. The number of piperazine rings is 1. The fourth-order valence-electron chi connectivity index (χ4n) is 4.53. The molecule has 1 aromatic heterocycles. The molecule has 2 aliphatic rings. The molecular formula is C20H21N5O3S. The zero-order valence-corrected chi connectivity index (χ0v) is 16.7. The minimum atomic E-state index is -3.68. The van der Waals surface area contributed by atoms with E-state index >= 15 is 0 Å². The minimum Gasteiger partial charge on any atom is -0.366 e. The predicted molar refractivity (Wildman–Crippen MR) is 109 cm³/mol. The van der Waals surface area contributed by atoms with Gasteiger partial charge in [0, 0.05) is 25.6 Å². The number of imidazole rings is 1. The van der Waals surface area contributed by atoms with Crippen molar-refractivity contribution in [3.8, 4) is 0 Å². The van der Waals surface area contributed by atoms with Gasteiger partial charge in [0.05, 0.1) is 16.0 Å². The number of carbonyl (C=O) groups is 1. The maximum Gasteiger partial charge on any atom is 0.250 e. The highest BCUT2D eigenvalue weighted by Gasteiger charge is 2.60. The summed E-state index contributed by atoms with van der Waals surface area (Å²) in [6.07, 6.45) is 0.475. The summed E-state index contributed by atoms with van der Waals surface area (Å²) < 4.78 is 27.5. The van der Waals surface area contributed by atoms with E-state index in [1.807, 2.05) is 17.9 Å². The molecule has 1 amide bonds. The molecule has 29 heavy (non-hydrogen) atoms. The molecule has 5 rings (SSSR count). The molecule has 0 unspecified atom stereocenters. The summed E-state index contributed by atoms with van der Waals surface area (Å²) >= 11 is 0. The number of nitrogens with zero attached hydrogens (tertiary/aromatic N) is 2. The number of aromatic nitrogens is 2. The van der Waals surface area contributed by atoms with Crippen molar-refractivity contribution in [3.05, 3.63) is 53.6 Å². The highest BCUT2D eigenvalue weighted by Crippen LogP contribution is 2.44. The van der Waals surface area contributed by atoms with Gasteiger partial charge in [-0.25, -0.2) is 13.4 Å². The Kier molecular flexibility index (Phi) is 3.78. The molecule has 9 heteroatoms. The lowest BCUT2D eigenvalue weighted by molar-refractivity contribution is 0.100. The highest BCUT2D eigenvalue weighted by atomic mass is 32.2. The summed E-state index contributed by atoms with van der Waals surface area (Å²) in [6.45, 7) is 2.70. The van der Waals surface area contributed by atoms with E-state index < -0.39 is 20.6 Å². The van der Waals surface area contributed by atoms with Crippen molar-refractivity contribution in [2.45, 2.75) is 29.2 Å². The number of sulfone groups is 1. The normalized spacial score (nSPS) is 23.8. The van der Waals surface area contributed by atoms with Gasteiger partial charge in [0.1, 0.15) is 5.52 Å². The Bertz CT molecular complexity index is 1250. The fraction of sp³-hybridized carbons (Fsp3) is 0.300. The number of aryl methyl sites for hydroxylation is 1. The van der Waals surface area contributed by atoms with Crippen LogP contribution in [0, 0.1) is 6.92 Å². The third kappa shape index (κ3) is 2.50. The van der Waals surface area contributed by atoms with E-state index in [1.54, 1.807) is 36.4 Å². The van der Waals surface area contributed by atoms with Crippen LogP contribution in [0.5, 0.6) is 0 Å². The molecule has 150 valence electrons. The molecule has 0 aliphatic carbocycles. The van der Waals surface area contributed by atoms with Crippen molar-refractivity contribution in [2.24, 2.45) is 5.73 Å². The first-order valence-corrected chi connectivity index (χ1v) is 10.9. The van der Waals surface area contributed by atoms with Crippen LogP contribution in [0.15, 0.2) is 47.4 Å². The van der Waals surface area contributed by atoms with Gasteiger partial charge in [-0.05, 0) is 36.8 Å². The average molecular weight is 411 g/mol. The number of carbonyl (C=O) groups excluding carboxylic acids is 1. The Morgan fingerprint density at radius 1 is 1.28 bits per heavy atom. The number of anilines is 1. The molecule has 2 aromatic carbocycles. The molecule has 2 saturated heterocycles. The number of rotatable bonds is 4. The van der Waals surface area contributed by atoms with Crippen molar-refractivity contribution >= 4 is 32.7 Å². The first-order chi connectivity index (χ1) is 13.8. The van der Waals surface area contributed by atoms with Crippen LogP contribution in [0.3, 0.4) is 0 Å². The number of fused-ring (bicyclic) bond motifs is 3. The Labute approximate surface area is 168 Å². The molecule has 2 atom stereocenters. The van der Waals surface area contributed by atoms with E-state index in [-0.39, 0.29) is 6.04 Å². The van der Waals surface area contributed by atoms with Crippen molar-refractivity contribution in [3.63, 3.8) is 0 Å². The van der Waals surface area contributed by atoms with Crippen LogP contribution >= 0.6 is 0 Å². The Morgan fingerprint density at radius 3 is 2.79 bits per heavy atom. The van der Waals surface area contributed by atoms with Gasteiger partial charge in [-0.1, -0.05) is 18.2 Å². The molecule has 2 fully saturated rings. The third-order valence-electron chi connectivity index (χ3n) is 5.95. The monoisotopic (exact) mass is 411 g/mol. The largest absolute Gasteiger partial charge is 0.366 e. The fourth-order valence-corrected chi connectivity index (χ4v) is 6.71. The highest BCUT2D eigenvalue weighted by molar-refractivity contribution is 7.93. The van der Waals surface area contributed by atoms with Crippen LogP contribution in [0.1, 0.15) is 22.3 Å². The number of nitrogens with one attached hydrogen (secondary N) is 2. The molecule has 2 bridgehead atoms. The van der Waals surface area contributed by atoms with Crippen molar-refractivity contribution in [2.75, 3.05) is 18.0 Å². The lowest BCUT2D eigenvalue weighted by atomic mass is 10.2. The van der Waals surface area contributed by atoms with Crippen LogP contribution in [0.2, 0.25) is 0 Å². The van der Waals surface area contributed by atoms with Gasteiger partial charge in [0.2, 0.25) is 15.8 Å². The first kappa shape index (κ1) is 18.1. The predicted octanol–water partition coefficient (Wildman–Crippen LogP) is 1.32. The molecule has 8 nitrogen and oxygen atoms in total. The summed E-state index contributed by atoms with van der Waals surface area (Å²) in [7, 11) is -3.68. The van der Waals surface area contributed by atoms with Gasteiger partial charge in [-0.15, -0.1) is 0 Å². The van der Waals surface area contributed by atoms with E-state index in [2.05, 4.69) is 15.3 Å². The van der Waals surface area contributed by atoms with Crippen LogP contribution in [0.25, 0.3) is 11.0 Å². The van der Waals surface area contributed by atoms with Crippen molar-refractivity contribution in [1.29, 1.82) is 0 Å². The lowest BCUT2D eigenvalue weighted by Gasteiger charge is -2.38. The molecule has 0 saturated carbocycles. The van der Waals surface area contributed by atoms with Crippen LogP contribution in [-0.2, 0) is 9.84 Å². The molecule has 4 N–H and O–H groups in total. The second-order valence-electron chi connectivity index (χ2n) is 7.79. The zero-order valence-electron chi connectivity index (χ0n) is 15.8. The second-order valence-corrected chi connectivity index (χ2v) is 10.0.